The van der Waals surface area contributed by atoms with Crippen LogP contribution >= 0.6 is 11.3 Å². The van der Waals surface area contributed by atoms with Gasteiger partial charge in [-0.15, -0.1) is 0 Å². The van der Waals surface area contributed by atoms with Gasteiger partial charge in [-0.1, -0.05) is 17.4 Å². The van der Waals surface area contributed by atoms with Crippen molar-refractivity contribution < 1.29 is 14.6 Å². The van der Waals surface area contributed by atoms with Crippen molar-refractivity contribution >= 4 is 33.2 Å². The van der Waals surface area contributed by atoms with E-state index in [9.17, 15) is 4.79 Å². The molecule has 1 aliphatic heterocycles. The van der Waals surface area contributed by atoms with Gasteiger partial charge in [0.05, 0.1) is 16.6 Å². The van der Waals surface area contributed by atoms with Gasteiger partial charge in [-0.2, -0.15) is 0 Å². The third-order valence-electron chi connectivity index (χ3n) is 5.76. The predicted octanol–water partition coefficient (Wildman–Crippen LogP) is 3.05. The number of aromatic nitrogens is 2. The molecule has 7 nitrogen and oxygen atoms in total. The summed E-state index contributed by atoms with van der Waals surface area (Å²) in [7, 11) is 1.80. The quantitative estimate of drug-likeness (QED) is 0.510. The van der Waals surface area contributed by atoms with E-state index in [0.29, 0.717) is 17.8 Å². The van der Waals surface area contributed by atoms with Gasteiger partial charge < -0.3 is 20.1 Å². The summed E-state index contributed by atoms with van der Waals surface area (Å²) in [4.78, 5) is 20.6. The Hall–Kier alpha value is -2.00. The number of ether oxygens (including phenoxy) is 1. The first-order valence-corrected chi connectivity index (χ1v) is 11.4. The number of imidazole rings is 1. The molecule has 8 heteroatoms. The molecule has 1 atom stereocenters. The van der Waals surface area contributed by atoms with Crippen LogP contribution in [0, 0.1) is 0 Å². The largest absolute Gasteiger partial charge is 0.396 e. The third-order valence-corrected chi connectivity index (χ3v) is 6.73. The fraction of sp³-hybridized carbons (Fsp3) is 0.545. The molecule has 2 aromatic heterocycles. The lowest BCUT2D eigenvalue weighted by Gasteiger charge is -2.23. The Balaban J connectivity index is 1.47. The maximum Gasteiger partial charge on any atom is 0.265 e. The Morgan fingerprint density at radius 2 is 2.30 bits per heavy atom. The number of benzene rings is 1. The zero-order chi connectivity index (χ0) is 21.1. The molecule has 0 bridgehead atoms. The number of nitrogens with zero attached hydrogens (tertiary/aromatic N) is 3. The summed E-state index contributed by atoms with van der Waals surface area (Å²) in [5, 5.41) is 12.4. The average Bonchev–Trinajstić information content (AvgIpc) is 3.42. The first-order valence-electron chi connectivity index (χ1n) is 10.6. The maximum atomic E-state index is 12.7. The smallest absolute Gasteiger partial charge is 0.265 e. The topological polar surface area (TPSA) is 79.1 Å². The number of amides is 1. The number of fused-ring (bicyclic) bond motifs is 3. The van der Waals surface area contributed by atoms with Gasteiger partial charge in [0, 0.05) is 46.1 Å². The molecule has 1 aliphatic rings. The Bertz CT molecular complexity index is 1020. The predicted molar refractivity (Wildman–Crippen MR) is 119 cm³/mol. The molecule has 0 saturated carbocycles. The molecular weight excluding hydrogens is 400 g/mol. The molecule has 1 fully saturated rings. The number of thiazole rings is 1. The monoisotopic (exact) mass is 430 g/mol. The summed E-state index contributed by atoms with van der Waals surface area (Å²) in [6.45, 7) is 5.43. The van der Waals surface area contributed by atoms with Crippen molar-refractivity contribution in [3.8, 4) is 0 Å². The van der Waals surface area contributed by atoms with E-state index in [1.165, 1.54) is 16.9 Å². The van der Waals surface area contributed by atoms with Gasteiger partial charge in [0.25, 0.3) is 5.91 Å². The van der Waals surface area contributed by atoms with Crippen LogP contribution in [0.3, 0.4) is 0 Å². The van der Waals surface area contributed by atoms with Crippen LogP contribution in [0.15, 0.2) is 24.4 Å². The van der Waals surface area contributed by atoms with Gasteiger partial charge >= 0.3 is 0 Å². The average molecular weight is 431 g/mol. The summed E-state index contributed by atoms with van der Waals surface area (Å²) in [6.07, 6.45) is 5.63. The van der Waals surface area contributed by atoms with Gasteiger partial charge in [-0.25, -0.2) is 4.98 Å². The molecule has 1 amide bonds. The second-order valence-electron chi connectivity index (χ2n) is 8.35. The highest BCUT2D eigenvalue weighted by atomic mass is 32.1. The molecule has 30 heavy (non-hydrogen) atoms. The van der Waals surface area contributed by atoms with Crippen LogP contribution in [0.2, 0.25) is 0 Å². The third kappa shape index (κ3) is 4.51. The molecule has 0 aliphatic carbocycles. The Kier molecular flexibility index (Phi) is 6.38. The van der Waals surface area contributed by atoms with Gasteiger partial charge in [0.2, 0.25) is 0 Å². The second kappa shape index (κ2) is 9.01. The fourth-order valence-electron chi connectivity index (χ4n) is 3.96. The minimum absolute atomic E-state index is 0.000724. The number of aliphatic hydroxyl groups is 1. The van der Waals surface area contributed by atoms with Crippen molar-refractivity contribution in [2.75, 3.05) is 33.4 Å². The van der Waals surface area contributed by atoms with Gasteiger partial charge in [-0.3, -0.25) is 9.20 Å². The molecule has 0 radical (unpaired) electrons. The van der Waals surface area contributed by atoms with Crippen LogP contribution in [0.5, 0.6) is 0 Å². The van der Waals surface area contributed by atoms with Crippen LogP contribution in [0.25, 0.3) is 16.0 Å². The molecule has 4 rings (SSSR count). The highest BCUT2D eigenvalue weighted by molar-refractivity contribution is 7.18. The van der Waals surface area contributed by atoms with Crippen molar-refractivity contribution in [2.45, 2.75) is 44.8 Å². The van der Waals surface area contributed by atoms with E-state index < -0.39 is 0 Å². The van der Waals surface area contributed by atoms with Crippen LogP contribution < -0.4 is 5.32 Å². The van der Waals surface area contributed by atoms with E-state index in [-0.39, 0.29) is 18.1 Å². The van der Waals surface area contributed by atoms with E-state index >= 15 is 0 Å². The normalized spacial score (nSPS) is 19.2. The highest BCUT2D eigenvalue weighted by Gasteiger charge is 2.29. The summed E-state index contributed by atoms with van der Waals surface area (Å²) in [5.41, 5.74) is 3.09. The van der Waals surface area contributed by atoms with Crippen LogP contribution in [-0.2, 0) is 11.3 Å². The van der Waals surface area contributed by atoms with Crippen molar-refractivity contribution in [3.63, 3.8) is 0 Å². The van der Waals surface area contributed by atoms with E-state index in [1.807, 2.05) is 16.7 Å². The Morgan fingerprint density at radius 1 is 1.43 bits per heavy atom. The summed E-state index contributed by atoms with van der Waals surface area (Å²) in [5.74, 6) is -0.000724. The first-order chi connectivity index (χ1) is 14.5. The van der Waals surface area contributed by atoms with E-state index in [0.717, 1.165) is 55.0 Å². The number of rotatable bonds is 9. The fourth-order valence-corrected chi connectivity index (χ4v) is 4.95. The van der Waals surface area contributed by atoms with E-state index in [2.05, 4.69) is 29.4 Å². The lowest BCUT2D eigenvalue weighted by atomic mass is 10.0. The number of aliphatic hydroxyl groups excluding tert-OH is 1. The van der Waals surface area contributed by atoms with Crippen LogP contribution in [-0.4, -0.2) is 64.3 Å². The molecule has 1 aromatic carbocycles. The van der Waals surface area contributed by atoms with Crippen LogP contribution in [0.4, 0.5) is 0 Å². The van der Waals surface area contributed by atoms with Crippen molar-refractivity contribution in [3.05, 3.63) is 34.8 Å². The molecule has 1 saturated heterocycles. The van der Waals surface area contributed by atoms with Crippen molar-refractivity contribution in [1.82, 2.24) is 19.6 Å². The molecule has 3 aromatic rings. The number of hydrogen-bond acceptors (Lipinski definition) is 6. The molecule has 2 N–H and O–H groups in total. The number of nitrogens with one attached hydrogen (secondary N) is 1. The number of carbonyl (C=O) groups is 1. The van der Waals surface area contributed by atoms with Crippen molar-refractivity contribution in [2.24, 2.45) is 0 Å². The van der Waals surface area contributed by atoms with Gasteiger partial charge in [-0.05, 0) is 50.3 Å². The van der Waals surface area contributed by atoms with Gasteiger partial charge in [0.15, 0.2) is 4.96 Å². The first kappa shape index (κ1) is 21.2. The number of carbonyl (C=O) groups excluding carboxylic acids is 1. The number of hydrogen-bond donors (Lipinski definition) is 2. The Labute approximate surface area is 180 Å². The molecule has 0 spiro atoms. The van der Waals surface area contributed by atoms with Crippen molar-refractivity contribution in [1.29, 1.82) is 0 Å². The van der Waals surface area contributed by atoms with Crippen LogP contribution in [0.1, 0.15) is 47.8 Å². The summed E-state index contributed by atoms with van der Waals surface area (Å²) < 4.78 is 7.86. The Morgan fingerprint density at radius 3 is 3.07 bits per heavy atom. The minimum atomic E-state index is -0.0557. The lowest BCUT2D eigenvalue weighted by Crippen LogP contribution is -2.36. The van der Waals surface area contributed by atoms with Gasteiger partial charge in [0.1, 0.15) is 4.88 Å². The lowest BCUT2D eigenvalue weighted by molar-refractivity contribution is 0.0207. The molecule has 162 valence electrons. The number of unbranched alkanes of at least 4 members (excludes halogenated alkanes) is 1. The summed E-state index contributed by atoms with van der Waals surface area (Å²) in [6, 6.07) is 6.29. The highest BCUT2D eigenvalue weighted by Crippen LogP contribution is 2.26. The van der Waals surface area contributed by atoms with E-state index in [4.69, 9.17) is 9.84 Å². The minimum Gasteiger partial charge on any atom is -0.396 e. The zero-order valence-electron chi connectivity index (χ0n) is 17.7. The van der Waals surface area contributed by atoms with E-state index in [1.54, 1.807) is 11.9 Å². The standard InChI is InChI=1S/C22H30N4O3S/c1-22(8-5-11-29-22)15-23-13-16-6-7-17-18(12-16)26-14-19(30-21(26)24-17)20(28)25(2)9-3-4-10-27/h6-7,12,14,23,27H,3-5,8-11,13,15H2,1-2H3/t22-/m1/s1. The molecule has 0 unspecified atom stereocenters. The summed E-state index contributed by atoms with van der Waals surface area (Å²) >= 11 is 1.42. The molecular formula is C22H30N4O3S. The maximum absolute atomic E-state index is 12.7. The second-order valence-corrected chi connectivity index (χ2v) is 9.35. The SMILES string of the molecule is CN(CCCCO)C(=O)c1cn2c(nc3ccc(CNC[C@@]4(C)CCCO4)cc32)s1. The molecule has 3 heterocycles. The zero-order valence-corrected chi connectivity index (χ0v) is 18.5.